The molecule has 1 aliphatic rings. The number of nitrogens with zero attached hydrogens (tertiary/aromatic N) is 3. The first-order valence-electron chi connectivity index (χ1n) is 11.7. The highest BCUT2D eigenvalue weighted by Gasteiger charge is 2.27. The first-order chi connectivity index (χ1) is 16.9. The maximum Gasteiger partial charge on any atom is 0.341 e. The predicted octanol–water partition coefficient (Wildman–Crippen LogP) is 4.86. The highest BCUT2D eigenvalue weighted by molar-refractivity contribution is 7.99. The molecule has 0 atom stereocenters. The molecule has 2 aromatic heterocycles. The van der Waals surface area contributed by atoms with Crippen LogP contribution >= 0.6 is 23.1 Å². The van der Waals surface area contributed by atoms with E-state index in [2.05, 4.69) is 15.5 Å². The average Bonchev–Trinajstić information content (AvgIpc) is 3.38. The number of anilines is 1. The van der Waals surface area contributed by atoms with Crippen LogP contribution in [0.3, 0.4) is 0 Å². The Labute approximate surface area is 213 Å². The summed E-state index contributed by atoms with van der Waals surface area (Å²) >= 11 is 2.78. The van der Waals surface area contributed by atoms with E-state index in [0.717, 1.165) is 42.6 Å². The number of amides is 1. The molecule has 35 heavy (non-hydrogen) atoms. The Balaban J connectivity index is 1.38. The Hall–Kier alpha value is -2.85. The van der Waals surface area contributed by atoms with Crippen LogP contribution in [0.1, 0.15) is 57.5 Å². The molecule has 1 aliphatic carbocycles. The van der Waals surface area contributed by atoms with E-state index in [4.69, 9.17) is 9.47 Å². The minimum atomic E-state index is -0.364. The number of aromatic nitrogens is 3. The summed E-state index contributed by atoms with van der Waals surface area (Å²) in [6.07, 6.45) is 3.92. The van der Waals surface area contributed by atoms with Gasteiger partial charge < -0.3 is 19.4 Å². The number of benzene rings is 1. The van der Waals surface area contributed by atoms with E-state index in [-0.39, 0.29) is 24.2 Å². The van der Waals surface area contributed by atoms with Crippen LogP contribution in [-0.4, -0.2) is 39.0 Å². The Morgan fingerprint density at radius 2 is 2.00 bits per heavy atom. The number of ether oxygens (including phenoxy) is 2. The molecule has 0 aliphatic heterocycles. The van der Waals surface area contributed by atoms with Gasteiger partial charge in [0.1, 0.15) is 17.4 Å². The molecule has 1 amide bonds. The molecule has 10 heteroatoms. The highest BCUT2D eigenvalue weighted by Crippen LogP contribution is 2.38. The number of aryl methyl sites for hydroxylation is 2. The maximum absolute atomic E-state index is 12.8. The van der Waals surface area contributed by atoms with Crippen LogP contribution in [0.25, 0.3) is 0 Å². The van der Waals surface area contributed by atoms with Crippen molar-refractivity contribution in [3.8, 4) is 5.75 Å². The number of rotatable bonds is 9. The standard InChI is InChI=1S/C25H30N4O4S2/c1-5-32-24(31)22-17-10-6-7-12-19(17)35-23(22)26-21(30)14-34-25-28-27-20(29(25)4)13-33-18-11-8-9-15(2)16(18)3/h8-9,11H,5-7,10,12-14H2,1-4H3,(H,26,30). The Morgan fingerprint density at radius 1 is 1.20 bits per heavy atom. The number of nitrogens with one attached hydrogen (secondary N) is 1. The van der Waals surface area contributed by atoms with Crippen molar-refractivity contribution in [1.29, 1.82) is 0 Å². The van der Waals surface area contributed by atoms with Gasteiger partial charge in [-0.2, -0.15) is 0 Å². The number of thioether (sulfide) groups is 1. The second-order valence-corrected chi connectivity index (χ2v) is 10.5. The van der Waals surface area contributed by atoms with Crippen molar-refractivity contribution in [3.63, 3.8) is 0 Å². The van der Waals surface area contributed by atoms with Gasteiger partial charge in [-0.3, -0.25) is 4.79 Å². The fourth-order valence-electron chi connectivity index (χ4n) is 3.99. The summed E-state index contributed by atoms with van der Waals surface area (Å²) in [7, 11) is 1.86. The molecule has 8 nitrogen and oxygen atoms in total. The van der Waals surface area contributed by atoms with Gasteiger partial charge in [-0.15, -0.1) is 21.5 Å². The number of esters is 1. The van der Waals surface area contributed by atoms with E-state index < -0.39 is 0 Å². The van der Waals surface area contributed by atoms with Gasteiger partial charge >= 0.3 is 5.97 Å². The number of hydrogen-bond donors (Lipinski definition) is 1. The van der Waals surface area contributed by atoms with Crippen molar-refractivity contribution in [2.45, 2.75) is 58.2 Å². The van der Waals surface area contributed by atoms with Gasteiger partial charge in [0, 0.05) is 11.9 Å². The molecule has 0 saturated heterocycles. The molecule has 0 bridgehead atoms. The lowest BCUT2D eigenvalue weighted by Gasteiger charge is -2.12. The number of fused-ring (bicyclic) bond motifs is 1. The van der Waals surface area contributed by atoms with E-state index in [9.17, 15) is 9.59 Å². The molecule has 2 heterocycles. The van der Waals surface area contributed by atoms with Crippen molar-refractivity contribution in [3.05, 3.63) is 51.2 Å². The van der Waals surface area contributed by atoms with Crippen molar-refractivity contribution in [2.24, 2.45) is 7.05 Å². The second-order valence-electron chi connectivity index (χ2n) is 8.42. The van der Waals surface area contributed by atoms with Crippen molar-refractivity contribution < 1.29 is 19.1 Å². The van der Waals surface area contributed by atoms with Crippen LogP contribution in [0.4, 0.5) is 5.00 Å². The fraction of sp³-hybridized carbons (Fsp3) is 0.440. The third kappa shape index (κ3) is 5.70. The fourth-order valence-corrected chi connectivity index (χ4v) is 6.01. The van der Waals surface area contributed by atoms with Crippen LogP contribution in [0.2, 0.25) is 0 Å². The Bertz CT molecular complexity index is 1230. The number of hydrogen-bond acceptors (Lipinski definition) is 8. The van der Waals surface area contributed by atoms with Crippen LogP contribution in [0.15, 0.2) is 23.4 Å². The zero-order valence-corrected chi connectivity index (χ0v) is 22.1. The largest absolute Gasteiger partial charge is 0.485 e. The topological polar surface area (TPSA) is 95.3 Å². The molecular formula is C25H30N4O4S2. The summed E-state index contributed by atoms with van der Waals surface area (Å²) < 4.78 is 13.0. The van der Waals surface area contributed by atoms with Crippen molar-refractivity contribution in [1.82, 2.24) is 14.8 Å². The van der Waals surface area contributed by atoms with Crippen molar-refractivity contribution in [2.75, 3.05) is 17.7 Å². The van der Waals surface area contributed by atoms with Crippen LogP contribution < -0.4 is 10.1 Å². The normalized spacial score (nSPS) is 12.8. The zero-order valence-electron chi connectivity index (χ0n) is 20.5. The molecule has 0 radical (unpaired) electrons. The summed E-state index contributed by atoms with van der Waals surface area (Å²) in [5.41, 5.74) is 3.82. The lowest BCUT2D eigenvalue weighted by molar-refractivity contribution is -0.113. The molecule has 0 fully saturated rings. The second kappa shape index (κ2) is 11.3. The van der Waals surface area contributed by atoms with Gasteiger partial charge in [-0.25, -0.2) is 4.79 Å². The number of carbonyl (C=O) groups excluding carboxylic acids is 2. The molecule has 1 N–H and O–H groups in total. The van der Waals surface area contributed by atoms with Crippen molar-refractivity contribution >= 4 is 40.0 Å². The van der Waals surface area contributed by atoms with Gasteiger partial charge in [-0.05, 0) is 69.2 Å². The highest BCUT2D eigenvalue weighted by atomic mass is 32.2. The molecular weight excluding hydrogens is 484 g/mol. The average molecular weight is 515 g/mol. The van der Waals surface area contributed by atoms with Gasteiger partial charge in [0.25, 0.3) is 0 Å². The van der Waals surface area contributed by atoms with Gasteiger partial charge in [0.05, 0.1) is 17.9 Å². The maximum atomic E-state index is 12.8. The number of thiophene rings is 1. The minimum absolute atomic E-state index is 0.147. The summed E-state index contributed by atoms with van der Waals surface area (Å²) in [5.74, 6) is 1.07. The summed E-state index contributed by atoms with van der Waals surface area (Å²) in [5, 5.41) is 12.6. The Kier molecular flexibility index (Phi) is 8.12. The SMILES string of the molecule is CCOC(=O)c1c(NC(=O)CSc2nnc(COc3cccc(C)c3C)n2C)sc2c1CCCC2. The molecule has 4 rings (SSSR count). The number of carbonyl (C=O) groups is 2. The van der Waals surface area contributed by atoms with Crippen LogP contribution in [-0.2, 0) is 36.0 Å². The summed E-state index contributed by atoms with van der Waals surface area (Å²) in [6, 6.07) is 5.95. The first kappa shape index (κ1) is 25.2. The van der Waals surface area contributed by atoms with Gasteiger partial charge in [0.15, 0.2) is 11.0 Å². The molecule has 186 valence electrons. The van der Waals surface area contributed by atoms with E-state index in [1.54, 1.807) is 6.92 Å². The van der Waals surface area contributed by atoms with E-state index in [0.29, 0.717) is 28.2 Å². The van der Waals surface area contributed by atoms with Crippen LogP contribution in [0, 0.1) is 13.8 Å². The quantitative estimate of drug-likeness (QED) is 0.322. The van der Waals surface area contributed by atoms with E-state index in [1.165, 1.54) is 33.5 Å². The predicted molar refractivity (Wildman–Crippen MR) is 138 cm³/mol. The Morgan fingerprint density at radius 3 is 2.80 bits per heavy atom. The summed E-state index contributed by atoms with van der Waals surface area (Å²) in [4.78, 5) is 26.5. The zero-order chi connectivity index (χ0) is 24.9. The first-order valence-corrected chi connectivity index (χ1v) is 13.5. The minimum Gasteiger partial charge on any atom is -0.485 e. The monoisotopic (exact) mass is 514 g/mol. The third-order valence-electron chi connectivity index (χ3n) is 6.07. The van der Waals surface area contributed by atoms with Crippen LogP contribution in [0.5, 0.6) is 5.75 Å². The van der Waals surface area contributed by atoms with Gasteiger partial charge in [0.2, 0.25) is 5.91 Å². The molecule has 1 aromatic carbocycles. The lowest BCUT2D eigenvalue weighted by atomic mass is 9.95. The third-order valence-corrected chi connectivity index (χ3v) is 8.30. The van der Waals surface area contributed by atoms with E-state index >= 15 is 0 Å². The molecule has 3 aromatic rings. The lowest BCUT2D eigenvalue weighted by Crippen LogP contribution is -2.17. The molecule has 0 spiro atoms. The smallest absolute Gasteiger partial charge is 0.341 e. The van der Waals surface area contributed by atoms with E-state index in [1.807, 2.05) is 43.7 Å². The summed E-state index contributed by atoms with van der Waals surface area (Å²) in [6.45, 7) is 6.44. The molecule has 0 unspecified atom stereocenters. The van der Waals surface area contributed by atoms with Gasteiger partial charge in [-0.1, -0.05) is 23.9 Å². The molecule has 0 saturated carbocycles.